The number of benzene rings is 5. The van der Waals surface area contributed by atoms with E-state index in [4.69, 9.17) is 16.3 Å². The summed E-state index contributed by atoms with van der Waals surface area (Å²) in [6.45, 7) is 0.568. The first-order valence-corrected chi connectivity index (χ1v) is 17.2. The first kappa shape index (κ1) is 34.0. The van der Waals surface area contributed by atoms with Gasteiger partial charge in [-0.3, -0.25) is 9.10 Å². The van der Waals surface area contributed by atoms with E-state index in [1.165, 1.54) is 9.69 Å². The minimum Gasteiger partial charge on any atom is -0.493 e. The lowest BCUT2D eigenvalue weighted by Crippen LogP contribution is -2.31. The topological polar surface area (TPSA) is 91.5 Å². The Labute approximate surface area is 286 Å². The molecule has 0 saturated carbocycles. The van der Waals surface area contributed by atoms with Gasteiger partial charge in [-0.05, 0) is 47.5 Å². The molecule has 0 spiro atoms. The third kappa shape index (κ3) is 8.15. The van der Waals surface area contributed by atoms with E-state index in [9.17, 15) is 13.2 Å². The molecule has 2 N–H and O–H groups in total. The molecule has 1 unspecified atom stereocenters. The van der Waals surface area contributed by atoms with Crippen molar-refractivity contribution in [3.63, 3.8) is 0 Å². The van der Waals surface area contributed by atoms with Crippen molar-refractivity contribution in [2.45, 2.75) is 19.0 Å². The number of ketones is 1. The van der Waals surface area contributed by atoms with Gasteiger partial charge in [0.05, 0.1) is 42.2 Å². The second kappa shape index (κ2) is 15.0. The summed E-state index contributed by atoms with van der Waals surface area (Å²) >= 11 is 6.49. The monoisotopic (exact) mass is 687 g/mol. The molecule has 0 aliphatic carbocycles. The highest BCUT2D eigenvalue weighted by atomic mass is 35.5. The standard InChI is InChI=1S/C37H34ClN3O4S.ClH/c1-46(43,44)41(25-26-10-4-2-5-11-26)36-22-28(16-19-32(36)38)37(42)24-39-33(27-12-6-3-7-13-27)20-21-45-29-17-18-31-30-14-8-9-15-34(30)40-35(31)23-29;/h2-19,22-23,33,39-40H,20-21,24-25H2,1H3;1H. The Bertz CT molecular complexity index is 2090. The molecule has 1 atom stereocenters. The molecular formula is C37H35Cl2N3O4S. The average Bonchev–Trinajstić information content (AvgIpc) is 3.44. The third-order valence-corrected chi connectivity index (χ3v) is 9.42. The zero-order valence-corrected chi connectivity index (χ0v) is 28.1. The number of rotatable bonds is 13. The van der Waals surface area contributed by atoms with Crippen LogP contribution in [0.5, 0.6) is 5.75 Å². The number of anilines is 1. The lowest BCUT2D eigenvalue weighted by molar-refractivity contribution is 0.0985. The first-order chi connectivity index (χ1) is 22.3. The number of fused-ring (bicyclic) bond motifs is 3. The van der Waals surface area contributed by atoms with Gasteiger partial charge in [-0.2, -0.15) is 0 Å². The fourth-order valence-electron chi connectivity index (χ4n) is 5.62. The number of H-pyrrole nitrogens is 1. The number of carbonyl (C=O) groups excluding carboxylic acids is 1. The van der Waals surface area contributed by atoms with Gasteiger partial charge < -0.3 is 15.0 Å². The number of sulfonamides is 1. The predicted octanol–water partition coefficient (Wildman–Crippen LogP) is 8.35. The first-order valence-electron chi connectivity index (χ1n) is 15.0. The van der Waals surface area contributed by atoms with Gasteiger partial charge >= 0.3 is 0 Å². The van der Waals surface area contributed by atoms with E-state index in [0.29, 0.717) is 18.6 Å². The number of aromatic amines is 1. The number of ether oxygens (including phenoxy) is 1. The summed E-state index contributed by atoms with van der Waals surface area (Å²) in [5.74, 6) is 0.582. The number of carbonyl (C=O) groups is 1. The molecule has 47 heavy (non-hydrogen) atoms. The van der Waals surface area contributed by atoms with Crippen molar-refractivity contribution < 1.29 is 17.9 Å². The Kier molecular flexibility index (Phi) is 10.9. The SMILES string of the molecule is CS(=O)(=O)N(Cc1ccccc1)c1cc(C(=O)CNC(CCOc2ccc3c(c2)[nH]c2ccccc23)c2ccccc2)ccc1Cl.Cl. The number of hydrogen-bond donors (Lipinski definition) is 2. The van der Waals surface area contributed by atoms with Crippen LogP contribution in [0.3, 0.4) is 0 Å². The summed E-state index contributed by atoms with van der Waals surface area (Å²) < 4.78 is 33.0. The molecule has 0 saturated heterocycles. The van der Waals surface area contributed by atoms with Crippen LogP contribution in [0.4, 0.5) is 5.69 Å². The molecule has 10 heteroatoms. The summed E-state index contributed by atoms with van der Waals surface area (Å²) in [6.07, 6.45) is 1.75. The van der Waals surface area contributed by atoms with Crippen LogP contribution in [0.15, 0.2) is 121 Å². The maximum absolute atomic E-state index is 13.5. The lowest BCUT2D eigenvalue weighted by Gasteiger charge is -2.24. The second-order valence-corrected chi connectivity index (χ2v) is 13.5. The Morgan fingerprint density at radius 1 is 0.851 bits per heavy atom. The van der Waals surface area contributed by atoms with Crippen molar-refractivity contribution >= 4 is 67.3 Å². The van der Waals surface area contributed by atoms with Gasteiger partial charge in [0.1, 0.15) is 5.75 Å². The van der Waals surface area contributed by atoms with E-state index in [1.54, 1.807) is 18.2 Å². The average molecular weight is 689 g/mol. The zero-order chi connectivity index (χ0) is 32.1. The fourth-order valence-corrected chi connectivity index (χ4v) is 6.78. The zero-order valence-electron chi connectivity index (χ0n) is 25.7. The number of hydrogen-bond acceptors (Lipinski definition) is 5. The predicted molar refractivity (Wildman–Crippen MR) is 194 cm³/mol. The van der Waals surface area contributed by atoms with Crippen molar-refractivity contribution in [3.8, 4) is 5.75 Å². The van der Waals surface area contributed by atoms with Crippen LogP contribution in [0.25, 0.3) is 21.8 Å². The van der Waals surface area contributed by atoms with Gasteiger partial charge in [0, 0.05) is 40.4 Å². The molecule has 0 aliphatic rings. The van der Waals surface area contributed by atoms with Crippen LogP contribution in [0.2, 0.25) is 5.02 Å². The van der Waals surface area contributed by atoms with E-state index >= 15 is 0 Å². The van der Waals surface area contributed by atoms with Gasteiger partial charge in [0.25, 0.3) is 0 Å². The minimum absolute atomic E-state index is 0. The summed E-state index contributed by atoms with van der Waals surface area (Å²) in [7, 11) is -3.69. The highest BCUT2D eigenvalue weighted by Crippen LogP contribution is 2.31. The van der Waals surface area contributed by atoms with E-state index in [0.717, 1.165) is 39.6 Å². The van der Waals surface area contributed by atoms with Crippen molar-refractivity contribution in [2.24, 2.45) is 0 Å². The number of aromatic nitrogens is 1. The molecule has 1 heterocycles. The highest BCUT2D eigenvalue weighted by Gasteiger charge is 2.23. The highest BCUT2D eigenvalue weighted by molar-refractivity contribution is 7.92. The summed E-state index contributed by atoms with van der Waals surface area (Å²) in [4.78, 5) is 16.9. The summed E-state index contributed by atoms with van der Waals surface area (Å²) in [6, 6.07) is 38.0. The van der Waals surface area contributed by atoms with Crippen molar-refractivity contribution in [3.05, 3.63) is 143 Å². The number of Topliss-reactive ketones (excluding diaryl/α,β-unsaturated/α-hetero) is 1. The van der Waals surface area contributed by atoms with Crippen LogP contribution in [0.1, 0.15) is 33.9 Å². The van der Waals surface area contributed by atoms with Gasteiger partial charge in [0.2, 0.25) is 10.0 Å². The van der Waals surface area contributed by atoms with Crippen molar-refractivity contribution in [1.82, 2.24) is 10.3 Å². The van der Waals surface area contributed by atoms with Crippen molar-refractivity contribution in [1.29, 1.82) is 0 Å². The molecule has 0 aliphatic heterocycles. The molecule has 0 bridgehead atoms. The molecule has 0 fully saturated rings. The number of nitrogens with zero attached hydrogens (tertiary/aromatic N) is 1. The van der Waals surface area contributed by atoms with E-state index in [-0.39, 0.29) is 48.0 Å². The smallest absolute Gasteiger partial charge is 0.232 e. The lowest BCUT2D eigenvalue weighted by atomic mass is 10.0. The van der Waals surface area contributed by atoms with E-state index in [1.807, 2.05) is 84.9 Å². The van der Waals surface area contributed by atoms with E-state index in [2.05, 4.69) is 28.5 Å². The van der Waals surface area contributed by atoms with E-state index < -0.39 is 10.0 Å². The van der Waals surface area contributed by atoms with Crippen LogP contribution < -0.4 is 14.4 Å². The Morgan fingerprint density at radius 3 is 2.28 bits per heavy atom. The number of para-hydroxylation sites is 1. The number of nitrogens with one attached hydrogen (secondary N) is 2. The quantitative estimate of drug-likeness (QED) is 0.119. The summed E-state index contributed by atoms with van der Waals surface area (Å²) in [5.41, 5.74) is 4.56. The van der Waals surface area contributed by atoms with Gasteiger partial charge in [-0.15, -0.1) is 12.4 Å². The molecule has 7 nitrogen and oxygen atoms in total. The Balaban J connectivity index is 0.00000433. The molecule has 6 aromatic rings. The molecule has 1 aromatic heterocycles. The minimum atomic E-state index is -3.69. The van der Waals surface area contributed by atoms with Crippen LogP contribution in [-0.4, -0.2) is 38.6 Å². The van der Waals surface area contributed by atoms with Crippen LogP contribution >= 0.6 is 24.0 Å². The normalized spacial score (nSPS) is 12.0. The van der Waals surface area contributed by atoms with Gasteiger partial charge in [-0.1, -0.05) is 90.5 Å². The molecule has 242 valence electrons. The molecule has 5 aromatic carbocycles. The maximum atomic E-state index is 13.5. The van der Waals surface area contributed by atoms with Crippen LogP contribution in [0, 0.1) is 0 Å². The summed E-state index contributed by atoms with van der Waals surface area (Å²) in [5, 5.41) is 5.97. The number of halogens is 2. The van der Waals surface area contributed by atoms with Gasteiger partial charge in [-0.25, -0.2) is 8.42 Å². The van der Waals surface area contributed by atoms with Crippen LogP contribution in [-0.2, 0) is 16.6 Å². The Hall–Kier alpha value is -4.34. The molecule has 0 radical (unpaired) electrons. The van der Waals surface area contributed by atoms with Crippen molar-refractivity contribution in [2.75, 3.05) is 23.7 Å². The molecule has 0 amide bonds. The fraction of sp³-hybridized carbons (Fsp3) is 0.162. The Morgan fingerprint density at radius 2 is 1.53 bits per heavy atom. The molecular weight excluding hydrogens is 653 g/mol. The third-order valence-electron chi connectivity index (χ3n) is 7.97. The second-order valence-electron chi connectivity index (χ2n) is 11.2. The van der Waals surface area contributed by atoms with Gasteiger partial charge in [0.15, 0.2) is 5.78 Å². The molecule has 6 rings (SSSR count). The maximum Gasteiger partial charge on any atom is 0.232 e. The largest absolute Gasteiger partial charge is 0.493 e.